The molecule has 7 heteroatoms. The van der Waals surface area contributed by atoms with Crippen molar-refractivity contribution in [3.05, 3.63) is 51.2 Å². The summed E-state index contributed by atoms with van der Waals surface area (Å²) in [4.78, 5) is 16.5. The van der Waals surface area contributed by atoms with Gasteiger partial charge in [-0.05, 0) is 19.1 Å². The highest BCUT2D eigenvalue weighted by atomic mass is 32.1. The highest BCUT2D eigenvalue weighted by molar-refractivity contribution is 7.11. The smallest absolute Gasteiger partial charge is 0.251 e. The number of carbonyl (C=O) groups is 1. The Kier molecular flexibility index (Phi) is 3.84. The number of rotatable bonds is 3. The number of nitrogens with one attached hydrogen (secondary N) is 1. The number of aromatic nitrogens is 1. The number of hydrogen-bond donors (Lipinski definition) is 1. The van der Waals surface area contributed by atoms with Gasteiger partial charge in [-0.25, -0.2) is 18.2 Å². The lowest BCUT2D eigenvalue weighted by atomic mass is 10.2. The molecular formula is C12H9F3N2OS. The monoisotopic (exact) mass is 286 g/mol. The van der Waals surface area contributed by atoms with Gasteiger partial charge in [-0.3, -0.25) is 4.79 Å². The molecule has 1 amide bonds. The first-order valence-corrected chi connectivity index (χ1v) is 6.13. The molecule has 0 fully saturated rings. The van der Waals surface area contributed by atoms with E-state index in [0.717, 1.165) is 9.88 Å². The molecular weight excluding hydrogens is 277 g/mol. The first-order chi connectivity index (χ1) is 8.97. The van der Waals surface area contributed by atoms with Crippen LogP contribution >= 0.6 is 11.3 Å². The van der Waals surface area contributed by atoms with E-state index in [9.17, 15) is 18.0 Å². The van der Waals surface area contributed by atoms with Gasteiger partial charge in [0, 0.05) is 16.6 Å². The number of aryl methyl sites for hydroxylation is 1. The Labute approximate surface area is 111 Å². The average molecular weight is 286 g/mol. The van der Waals surface area contributed by atoms with Gasteiger partial charge in [-0.15, -0.1) is 11.3 Å². The van der Waals surface area contributed by atoms with Crippen molar-refractivity contribution in [3.8, 4) is 0 Å². The predicted molar refractivity (Wildman–Crippen MR) is 64.3 cm³/mol. The third-order valence-electron chi connectivity index (χ3n) is 2.34. The Hall–Kier alpha value is -1.89. The van der Waals surface area contributed by atoms with Crippen molar-refractivity contribution in [2.75, 3.05) is 0 Å². The molecule has 0 aliphatic rings. The molecule has 19 heavy (non-hydrogen) atoms. The topological polar surface area (TPSA) is 42.0 Å². The molecule has 0 bridgehead atoms. The summed E-state index contributed by atoms with van der Waals surface area (Å²) >= 11 is 1.40. The molecule has 0 radical (unpaired) electrons. The third-order valence-corrected chi connectivity index (χ3v) is 3.25. The van der Waals surface area contributed by atoms with Crippen molar-refractivity contribution in [1.29, 1.82) is 0 Å². The van der Waals surface area contributed by atoms with E-state index in [4.69, 9.17) is 0 Å². The van der Waals surface area contributed by atoms with Crippen LogP contribution < -0.4 is 5.32 Å². The molecule has 0 saturated heterocycles. The van der Waals surface area contributed by atoms with Crippen LogP contribution in [0.25, 0.3) is 0 Å². The SMILES string of the molecule is Cc1ncc(CNC(=O)c2cc(F)c(F)c(F)c2)s1. The van der Waals surface area contributed by atoms with E-state index in [1.165, 1.54) is 11.3 Å². The van der Waals surface area contributed by atoms with E-state index in [1.807, 2.05) is 6.92 Å². The maximum atomic E-state index is 13.0. The van der Waals surface area contributed by atoms with Crippen LogP contribution in [0.15, 0.2) is 18.3 Å². The number of thiazole rings is 1. The number of benzene rings is 1. The Bertz CT molecular complexity index is 604. The van der Waals surface area contributed by atoms with Gasteiger partial charge in [0.05, 0.1) is 11.6 Å². The summed E-state index contributed by atoms with van der Waals surface area (Å²) in [7, 11) is 0. The molecule has 1 heterocycles. The minimum absolute atomic E-state index is 0.199. The van der Waals surface area contributed by atoms with Crippen molar-refractivity contribution in [2.45, 2.75) is 13.5 Å². The van der Waals surface area contributed by atoms with E-state index in [1.54, 1.807) is 6.20 Å². The fourth-order valence-corrected chi connectivity index (χ4v) is 2.18. The molecule has 3 nitrogen and oxygen atoms in total. The zero-order chi connectivity index (χ0) is 14.0. The lowest BCUT2D eigenvalue weighted by molar-refractivity contribution is 0.0950. The van der Waals surface area contributed by atoms with Crippen molar-refractivity contribution in [1.82, 2.24) is 10.3 Å². The van der Waals surface area contributed by atoms with E-state index in [2.05, 4.69) is 10.3 Å². The molecule has 2 rings (SSSR count). The van der Waals surface area contributed by atoms with Crippen LogP contribution in [0.3, 0.4) is 0 Å². The van der Waals surface area contributed by atoms with Crippen molar-refractivity contribution in [3.63, 3.8) is 0 Å². The Balaban J connectivity index is 2.08. The average Bonchev–Trinajstić information content (AvgIpc) is 2.78. The first kappa shape index (κ1) is 13.5. The maximum Gasteiger partial charge on any atom is 0.251 e. The summed E-state index contributed by atoms with van der Waals surface area (Å²) < 4.78 is 38.7. The van der Waals surface area contributed by atoms with Gasteiger partial charge in [-0.1, -0.05) is 0 Å². The summed E-state index contributed by atoms with van der Waals surface area (Å²) in [5, 5.41) is 3.33. The van der Waals surface area contributed by atoms with Crippen molar-refractivity contribution < 1.29 is 18.0 Å². The largest absolute Gasteiger partial charge is 0.347 e. The van der Waals surface area contributed by atoms with Crippen LogP contribution in [-0.4, -0.2) is 10.9 Å². The summed E-state index contributed by atoms with van der Waals surface area (Å²) in [6, 6.07) is 1.32. The summed E-state index contributed by atoms with van der Waals surface area (Å²) in [6.07, 6.45) is 1.60. The van der Waals surface area contributed by atoms with Crippen LogP contribution in [-0.2, 0) is 6.54 Å². The highest BCUT2D eigenvalue weighted by Gasteiger charge is 2.15. The second kappa shape index (κ2) is 5.40. The fraction of sp³-hybridized carbons (Fsp3) is 0.167. The van der Waals surface area contributed by atoms with Gasteiger partial charge in [0.25, 0.3) is 5.91 Å². The molecule has 0 saturated carbocycles. The van der Waals surface area contributed by atoms with Gasteiger partial charge in [-0.2, -0.15) is 0 Å². The zero-order valence-electron chi connectivity index (χ0n) is 9.84. The third kappa shape index (κ3) is 3.11. The van der Waals surface area contributed by atoms with E-state index in [-0.39, 0.29) is 12.1 Å². The van der Waals surface area contributed by atoms with Crippen LogP contribution in [0.4, 0.5) is 13.2 Å². The number of amides is 1. The number of hydrogen-bond acceptors (Lipinski definition) is 3. The summed E-state index contributed by atoms with van der Waals surface area (Å²) in [5.74, 6) is -5.05. The maximum absolute atomic E-state index is 13.0. The molecule has 1 aromatic carbocycles. The van der Waals surface area contributed by atoms with E-state index < -0.39 is 23.4 Å². The van der Waals surface area contributed by atoms with E-state index in [0.29, 0.717) is 12.1 Å². The lowest BCUT2D eigenvalue weighted by Crippen LogP contribution is -2.22. The van der Waals surface area contributed by atoms with Gasteiger partial charge < -0.3 is 5.32 Å². The molecule has 0 spiro atoms. The minimum atomic E-state index is -1.59. The van der Waals surface area contributed by atoms with Crippen LogP contribution in [0.5, 0.6) is 0 Å². The molecule has 0 atom stereocenters. The molecule has 0 unspecified atom stereocenters. The second-order valence-electron chi connectivity index (χ2n) is 3.78. The summed E-state index contributed by atoms with van der Waals surface area (Å²) in [5.41, 5.74) is -0.266. The predicted octanol–water partition coefficient (Wildman–Crippen LogP) is 2.80. The standard InChI is InChI=1S/C12H9F3N2OS/c1-6-16-4-8(19-6)5-17-12(18)7-2-9(13)11(15)10(14)3-7/h2-4H,5H2,1H3,(H,17,18). The number of carbonyl (C=O) groups excluding carboxylic acids is 1. The minimum Gasteiger partial charge on any atom is -0.347 e. The van der Waals surface area contributed by atoms with Gasteiger partial charge in [0.15, 0.2) is 17.5 Å². The molecule has 2 aromatic rings. The molecule has 0 aliphatic heterocycles. The Morgan fingerprint density at radius 1 is 1.32 bits per heavy atom. The van der Waals surface area contributed by atoms with Crippen molar-refractivity contribution >= 4 is 17.2 Å². The van der Waals surface area contributed by atoms with Crippen LogP contribution in [0.2, 0.25) is 0 Å². The fourth-order valence-electron chi connectivity index (χ4n) is 1.44. The van der Waals surface area contributed by atoms with E-state index >= 15 is 0 Å². The van der Waals surface area contributed by atoms with Crippen molar-refractivity contribution in [2.24, 2.45) is 0 Å². The number of nitrogens with zero attached hydrogens (tertiary/aromatic N) is 1. The van der Waals surface area contributed by atoms with Gasteiger partial charge in [0.1, 0.15) is 0 Å². The second-order valence-corrected chi connectivity index (χ2v) is 5.10. The molecule has 100 valence electrons. The Morgan fingerprint density at radius 3 is 2.47 bits per heavy atom. The zero-order valence-corrected chi connectivity index (χ0v) is 10.7. The quantitative estimate of drug-likeness (QED) is 0.882. The number of halogens is 3. The van der Waals surface area contributed by atoms with Gasteiger partial charge in [0.2, 0.25) is 0 Å². The van der Waals surface area contributed by atoms with Crippen LogP contribution in [0, 0.1) is 24.4 Å². The first-order valence-electron chi connectivity index (χ1n) is 5.31. The normalized spacial score (nSPS) is 10.5. The highest BCUT2D eigenvalue weighted by Crippen LogP contribution is 2.14. The lowest BCUT2D eigenvalue weighted by Gasteiger charge is -2.04. The van der Waals surface area contributed by atoms with Gasteiger partial charge >= 0.3 is 0 Å². The van der Waals surface area contributed by atoms with Crippen LogP contribution in [0.1, 0.15) is 20.2 Å². The Morgan fingerprint density at radius 2 is 1.95 bits per heavy atom. The molecule has 0 aliphatic carbocycles. The summed E-state index contributed by atoms with van der Waals surface area (Å²) in [6.45, 7) is 2.02. The molecule has 1 N–H and O–H groups in total. The molecule has 1 aromatic heterocycles.